The Morgan fingerprint density at radius 3 is 2.54 bits per heavy atom. The Morgan fingerprint density at radius 1 is 1.12 bits per heavy atom. The van der Waals surface area contributed by atoms with Crippen molar-refractivity contribution in [2.75, 3.05) is 26.2 Å². The van der Waals surface area contributed by atoms with Crippen LogP contribution in [0, 0.1) is 5.92 Å². The van der Waals surface area contributed by atoms with Crippen molar-refractivity contribution < 1.29 is 18.8 Å². The first-order valence-electron chi connectivity index (χ1n) is 8.57. The van der Waals surface area contributed by atoms with Crippen molar-refractivity contribution in [2.24, 2.45) is 5.92 Å². The third-order valence-corrected chi connectivity index (χ3v) is 5.20. The van der Waals surface area contributed by atoms with Gasteiger partial charge in [-0.05, 0) is 36.4 Å². The fraction of sp³-hybridized carbons (Fsp3) is 0.389. The second-order valence-electron chi connectivity index (χ2n) is 6.07. The van der Waals surface area contributed by atoms with Gasteiger partial charge in [0.05, 0.1) is 11.1 Å². The minimum Gasteiger partial charge on any atom is -0.459 e. The van der Waals surface area contributed by atoms with Crippen molar-refractivity contribution >= 4 is 29.1 Å². The van der Waals surface area contributed by atoms with E-state index in [1.54, 1.807) is 17.0 Å². The molecule has 0 aliphatic carbocycles. The predicted molar refractivity (Wildman–Crippen MR) is 97.0 cm³/mol. The molecule has 2 aromatic rings. The quantitative estimate of drug-likeness (QED) is 0.753. The molecule has 3 amide bonds. The maximum absolute atomic E-state index is 12.3. The van der Waals surface area contributed by atoms with Gasteiger partial charge in [0.15, 0.2) is 5.76 Å². The number of nitrogens with zero attached hydrogens (tertiary/aromatic N) is 1. The van der Waals surface area contributed by atoms with Gasteiger partial charge in [0.25, 0.3) is 11.8 Å². The summed E-state index contributed by atoms with van der Waals surface area (Å²) in [6, 6.07) is 6.91. The Hall–Kier alpha value is -2.61. The molecule has 0 radical (unpaired) electrons. The summed E-state index contributed by atoms with van der Waals surface area (Å²) >= 11 is 1.43. The number of carbonyl (C=O) groups is 3. The van der Waals surface area contributed by atoms with Crippen LogP contribution in [0.4, 0.5) is 0 Å². The lowest BCUT2D eigenvalue weighted by atomic mass is 9.96. The van der Waals surface area contributed by atoms with E-state index in [0.29, 0.717) is 39.0 Å². The summed E-state index contributed by atoms with van der Waals surface area (Å²) in [6.45, 7) is 1.87. The molecule has 3 rings (SSSR count). The summed E-state index contributed by atoms with van der Waals surface area (Å²) in [4.78, 5) is 38.8. The van der Waals surface area contributed by atoms with Crippen LogP contribution >= 0.6 is 11.3 Å². The average Bonchev–Trinajstić information content (AvgIpc) is 3.38. The maximum atomic E-state index is 12.3. The summed E-state index contributed by atoms with van der Waals surface area (Å²) in [6.07, 6.45) is 2.75. The molecule has 26 heavy (non-hydrogen) atoms. The first kappa shape index (κ1) is 18.2. The normalized spacial score (nSPS) is 14.8. The topological polar surface area (TPSA) is 91.7 Å². The monoisotopic (exact) mass is 375 g/mol. The Kier molecular flexibility index (Phi) is 6.06. The summed E-state index contributed by atoms with van der Waals surface area (Å²) in [7, 11) is 0. The molecule has 0 aromatic carbocycles. The number of amides is 3. The number of thiophene rings is 1. The average molecular weight is 375 g/mol. The standard InChI is InChI=1S/C18H21N3O4S/c22-16(19-7-8-20-17(23)14-3-1-11-25-14)13-5-9-21(10-6-13)18(24)15-4-2-12-26-15/h1-4,11-13H,5-10H2,(H,19,22)(H,20,23). The van der Waals surface area contributed by atoms with E-state index in [0.717, 1.165) is 4.88 Å². The molecule has 1 aliphatic rings. The van der Waals surface area contributed by atoms with Gasteiger partial charge < -0.3 is 20.0 Å². The molecule has 0 spiro atoms. The molecule has 0 bridgehead atoms. The van der Waals surface area contributed by atoms with Gasteiger partial charge in [-0.3, -0.25) is 14.4 Å². The molecule has 3 heterocycles. The predicted octanol–water partition coefficient (Wildman–Crippen LogP) is 1.74. The number of furan rings is 1. The third-order valence-electron chi connectivity index (χ3n) is 4.34. The lowest BCUT2D eigenvalue weighted by Gasteiger charge is -2.31. The fourth-order valence-corrected chi connectivity index (χ4v) is 3.59. The van der Waals surface area contributed by atoms with Crippen molar-refractivity contribution in [1.29, 1.82) is 0 Å². The lowest BCUT2D eigenvalue weighted by molar-refractivity contribution is -0.126. The zero-order chi connectivity index (χ0) is 18.4. The fourth-order valence-electron chi connectivity index (χ4n) is 2.90. The summed E-state index contributed by atoms with van der Waals surface area (Å²) in [5.74, 6) is -0.133. The van der Waals surface area contributed by atoms with Crippen molar-refractivity contribution in [3.63, 3.8) is 0 Å². The van der Waals surface area contributed by atoms with Crippen LogP contribution in [0.1, 0.15) is 33.1 Å². The van der Waals surface area contributed by atoms with Gasteiger partial charge in [0.2, 0.25) is 5.91 Å². The van der Waals surface area contributed by atoms with Crippen molar-refractivity contribution in [2.45, 2.75) is 12.8 Å². The Bertz CT molecular complexity index is 735. The minimum atomic E-state index is -0.301. The molecule has 8 heteroatoms. The number of hydrogen-bond acceptors (Lipinski definition) is 5. The van der Waals surface area contributed by atoms with E-state index in [1.165, 1.54) is 17.6 Å². The highest BCUT2D eigenvalue weighted by molar-refractivity contribution is 7.12. The Morgan fingerprint density at radius 2 is 1.88 bits per heavy atom. The lowest BCUT2D eigenvalue weighted by Crippen LogP contribution is -2.44. The zero-order valence-electron chi connectivity index (χ0n) is 14.3. The molecule has 138 valence electrons. The molecule has 0 atom stereocenters. The van der Waals surface area contributed by atoms with Gasteiger partial charge in [-0.25, -0.2) is 0 Å². The summed E-state index contributed by atoms with van der Waals surface area (Å²) in [5, 5.41) is 7.41. The first-order valence-corrected chi connectivity index (χ1v) is 9.45. The van der Waals surface area contributed by atoms with Crippen LogP contribution in [0.2, 0.25) is 0 Å². The van der Waals surface area contributed by atoms with Crippen LogP contribution in [0.15, 0.2) is 40.3 Å². The van der Waals surface area contributed by atoms with E-state index < -0.39 is 0 Å². The van der Waals surface area contributed by atoms with Gasteiger partial charge in [-0.2, -0.15) is 0 Å². The smallest absolute Gasteiger partial charge is 0.287 e. The van der Waals surface area contributed by atoms with Crippen molar-refractivity contribution in [3.05, 3.63) is 46.5 Å². The highest BCUT2D eigenvalue weighted by atomic mass is 32.1. The molecule has 1 saturated heterocycles. The molecule has 1 fully saturated rings. The van der Waals surface area contributed by atoms with Gasteiger partial charge in [-0.1, -0.05) is 6.07 Å². The van der Waals surface area contributed by atoms with Crippen molar-refractivity contribution in [3.8, 4) is 0 Å². The highest BCUT2D eigenvalue weighted by Gasteiger charge is 2.27. The molecular formula is C18H21N3O4S. The van der Waals surface area contributed by atoms with Crippen LogP contribution in [0.5, 0.6) is 0 Å². The first-order chi connectivity index (χ1) is 12.6. The maximum Gasteiger partial charge on any atom is 0.287 e. The van der Waals surface area contributed by atoms with E-state index in [4.69, 9.17) is 4.42 Å². The van der Waals surface area contributed by atoms with Gasteiger partial charge in [0, 0.05) is 32.1 Å². The molecule has 2 aromatic heterocycles. The summed E-state index contributed by atoms with van der Waals surface area (Å²) in [5.41, 5.74) is 0. The highest BCUT2D eigenvalue weighted by Crippen LogP contribution is 2.20. The largest absolute Gasteiger partial charge is 0.459 e. The summed E-state index contributed by atoms with van der Waals surface area (Å²) < 4.78 is 4.99. The molecule has 0 unspecified atom stereocenters. The Labute approximate surface area is 155 Å². The number of carbonyl (C=O) groups excluding carboxylic acids is 3. The second-order valence-corrected chi connectivity index (χ2v) is 7.02. The van der Waals surface area contributed by atoms with Crippen LogP contribution in [-0.2, 0) is 4.79 Å². The Balaban J connectivity index is 1.35. The second kappa shape index (κ2) is 8.66. The van der Waals surface area contributed by atoms with Crippen LogP contribution < -0.4 is 10.6 Å². The number of rotatable bonds is 6. The van der Waals surface area contributed by atoms with E-state index in [2.05, 4.69) is 10.6 Å². The van der Waals surface area contributed by atoms with E-state index in [9.17, 15) is 14.4 Å². The zero-order valence-corrected chi connectivity index (χ0v) is 15.1. The van der Waals surface area contributed by atoms with E-state index >= 15 is 0 Å². The number of likely N-dealkylation sites (tertiary alicyclic amines) is 1. The molecule has 2 N–H and O–H groups in total. The minimum absolute atomic E-state index is 0.0273. The third kappa shape index (κ3) is 4.51. The molecule has 7 nitrogen and oxygen atoms in total. The molecule has 0 saturated carbocycles. The van der Waals surface area contributed by atoms with Gasteiger partial charge >= 0.3 is 0 Å². The number of hydrogen-bond donors (Lipinski definition) is 2. The van der Waals surface area contributed by atoms with E-state index in [1.807, 2.05) is 17.5 Å². The van der Waals surface area contributed by atoms with Gasteiger partial charge in [-0.15, -0.1) is 11.3 Å². The van der Waals surface area contributed by atoms with Crippen LogP contribution in [0.25, 0.3) is 0 Å². The molecule has 1 aliphatic heterocycles. The van der Waals surface area contributed by atoms with Crippen LogP contribution in [0.3, 0.4) is 0 Å². The van der Waals surface area contributed by atoms with Crippen LogP contribution in [-0.4, -0.2) is 48.8 Å². The van der Waals surface area contributed by atoms with E-state index in [-0.39, 0.29) is 29.4 Å². The molecular weight excluding hydrogens is 354 g/mol. The SMILES string of the molecule is O=C(NCCNC(=O)C1CCN(C(=O)c2cccs2)CC1)c1ccco1. The number of piperidine rings is 1. The van der Waals surface area contributed by atoms with Crippen molar-refractivity contribution in [1.82, 2.24) is 15.5 Å². The van der Waals surface area contributed by atoms with Gasteiger partial charge in [0.1, 0.15) is 0 Å². The number of nitrogens with one attached hydrogen (secondary N) is 2.